The fraction of sp³-hybridized carbons (Fsp3) is 0.400. The van der Waals surface area contributed by atoms with Crippen molar-refractivity contribution in [2.24, 2.45) is 0 Å². The molecule has 2 aromatic rings. The van der Waals surface area contributed by atoms with Gasteiger partial charge in [0.05, 0.1) is 7.11 Å². The molecule has 0 radical (unpaired) electrons. The summed E-state index contributed by atoms with van der Waals surface area (Å²) in [6.45, 7) is 8.82. The van der Waals surface area contributed by atoms with Crippen molar-refractivity contribution < 1.29 is 17.9 Å². The van der Waals surface area contributed by atoms with Gasteiger partial charge in [-0.15, -0.1) is 0 Å². The first kappa shape index (κ1) is 20.3. The lowest BCUT2D eigenvalue weighted by Crippen LogP contribution is -2.31. The highest BCUT2D eigenvalue weighted by atomic mass is 19.2. The van der Waals surface area contributed by atoms with E-state index in [1.165, 1.54) is 0 Å². The van der Waals surface area contributed by atoms with Crippen LogP contribution in [0.5, 0.6) is 5.75 Å². The van der Waals surface area contributed by atoms with Gasteiger partial charge in [-0.05, 0) is 30.3 Å². The summed E-state index contributed by atoms with van der Waals surface area (Å²) in [6, 6.07) is 7.91. The summed E-state index contributed by atoms with van der Waals surface area (Å²) in [5.74, 6) is -4.07. The Bertz CT molecular complexity index is 716. The molecule has 0 aromatic heterocycles. The fourth-order valence-electron chi connectivity index (χ4n) is 2.79. The van der Waals surface area contributed by atoms with E-state index < -0.39 is 23.2 Å². The molecular weight excluding hydrogens is 341 g/mol. The van der Waals surface area contributed by atoms with Crippen LogP contribution in [0.2, 0.25) is 0 Å². The SMILES string of the molecule is CCN(CC)CCNCc1ccc(-c2cc(F)c(OC)c(F)c2F)cc1. The Morgan fingerprint density at radius 2 is 1.65 bits per heavy atom. The number of nitrogens with one attached hydrogen (secondary N) is 1. The molecule has 0 amide bonds. The van der Waals surface area contributed by atoms with Gasteiger partial charge in [0, 0.05) is 25.2 Å². The van der Waals surface area contributed by atoms with Crippen LogP contribution in [0.3, 0.4) is 0 Å². The van der Waals surface area contributed by atoms with E-state index >= 15 is 0 Å². The highest BCUT2D eigenvalue weighted by molar-refractivity contribution is 5.66. The zero-order valence-corrected chi connectivity index (χ0v) is 15.4. The standard InChI is InChI=1S/C20H25F3N2O/c1-4-25(5-2)11-10-24-13-14-6-8-15(9-7-14)16-12-17(21)20(26-3)19(23)18(16)22/h6-9,12,24H,4-5,10-11,13H2,1-3H3. The second-order valence-electron chi connectivity index (χ2n) is 5.97. The van der Waals surface area contributed by atoms with Gasteiger partial charge in [-0.1, -0.05) is 38.1 Å². The molecule has 0 atom stereocenters. The predicted octanol–water partition coefficient (Wildman–Crippen LogP) is 4.21. The zero-order chi connectivity index (χ0) is 19.1. The van der Waals surface area contributed by atoms with Gasteiger partial charge >= 0.3 is 0 Å². The molecule has 1 N–H and O–H groups in total. The van der Waals surface area contributed by atoms with Crippen LogP contribution in [0, 0.1) is 17.5 Å². The molecule has 0 aliphatic rings. The first-order chi connectivity index (χ1) is 12.5. The van der Waals surface area contributed by atoms with Gasteiger partial charge in [0.1, 0.15) is 0 Å². The van der Waals surface area contributed by atoms with Gasteiger partial charge in [0.2, 0.25) is 5.82 Å². The number of ether oxygens (including phenoxy) is 1. The van der Waals surface area contributed by atoms with E-state index in [2.05, 4.69) is 28.8 Å². The molecule has 0 spiro atoms. The van der Waals surface area contributed by atoms with E-state index in [0.29, 0.717) is 12.1 Å². The molecule has 0 aliphatic heterocycles. The van der Waals surface area contributed by atoms with Crippen molar-refractivity contribution in [2.75, 3.05) is 33.3 Å². The highest BCUT2D eigenvalue weighted by Crippen LogP contribution is 2.32. The maximum atomic E-state index is 14.2. The predicted molar refractivity (Wildman–Crippen MR) is 97.8 cm³/mol. The topological polar surface area (TPSA) is 24.5 Å². The molecule has 0 aliphatic carbocycles. The Labute approximate surface area is 152 Å². The molecule has 0 unspecified atom stereocenters. The normalized spacial score (nSPS) is 11.2. The molecule has 3 nitrogen and oxygen atoms in total. The molecule has 142 valence electrons. The number of hydrogen-bond acceptors (Lipinski definition) is 3. The average Bonchev–Trinajstić information content (AvgIpc) is 2.66. The highest BCUT2D eigenvalue weighted by Gasteiger charge is 2.20. The third-order valence-electron chi connectivity index (χ3n) is 4.41. The van der Waals surface area contributed by atoms with Crippen LogP contribution in [0.25, 0.3) is 11.1 Å². The number of hydrogen-bond donors (Lipinski definition) is 1. The summed E-state index contributed by atoms with van der Waals surface area (Å²) >= 11 is 0. The zero-order valence-electron chi connectivity index (χ0n) is 15.4. The Morgan fingerprint density at radius 1 is 1.00 bits per heavy atom. The van der Waals surface area contributed by atoms with Gasteiger partial charge in [0.15, 0.2) is 17.4 Å². The van der Waals surface area contributed by atoms with Gasteiger partial charge in [0.25, 0.3) is 0 Å². The van der Waals surface area contributed by atoms with Gasteiger partial charge < -0.3 is 15.0 Å². The summed E-state index contributed by atoms with van der Waals surface area (Å²) in [7, 11) is 1.10. The number of rotatable bonds is 9. The lowest BCUT2D eigenvalue weighted by atomic mass is 10.0. The van der Waals surface area contributed by atoms with Crippen LogP contribution >= 0.6 is 0 Å². The van der Waals surface area contributed by atoms with Crippen molar-refractivity contribution in [3.63, 3.8) is 0 Å². The third-order valence-corrected chi connectivity index (χ3v) is 4.41. The maximum Gasteiger partial charge on any atom is 0.204 e. The van der Waals surface area contributed by atoms with Crippen LogP contribution in [-0.4, -0.2) is 38.2 Å². The first-order valence-electron chi connectivity index (χ1n) is 8.75. The summed E-state index contributed by atoms with van der Waals surface area (Å²) in [5.41, 5.74) is 1.31. The minimum atomic E-state index is -1.32. The molecule has 0 fully saturated rings. The summed E-state index contributed by atoms with van der Waals surface area (Å²) in [6.07, 6.45) is 0. The smallest absolute Gasteiger partial charge is 0.204 e. The van der Waals surface area contributed by atoms with Crippen molar-refractivity contribution in [3.8, 4) is 16.9 Å². The average molecular weight is 366 g/mol. The van der Waals surface area contributed by atoms with E-state index in [1.807, 2.05) is 12.1 Å². The van der Waals surface area contributed by atoms with E-state index in [-0.39, 0.29) is 5.56 Å². The molecule has 0 saturated carbocycles. The van der Waals surface area contributed by atoms with Crippen LogP contribution < -0.4 is 10.1 Å². The van der Waals surface area contributed by atoms with E-state index in [0.717, 1.165) is 44.9 Å². The lowest BCUT2D eigenvalue weighted by Gasteiger charge is -2.18. The second-order valence-corrected chi connectivity index (χ2v) is 5.97. The molecule has 2 rings (SSSR count). The van der Waals surface area contributed by atoms with Crippen molar-refractivity contribution >= 4 is 0 Å². The number of methoxy groups -OCH3 is 1. The third kappa shape index (κ3) is 4.77. The molecule has 0 saturated heterocycles. The molecule has 2 aromatic carbocycles. The summed E-state index contributed by atoms with van der Waals surface area (Å²) < 4.78 is 46.4. The summed E-state index contributed by atoms with van der Waals surface area (Å²) in [4.78, 5) is 2.33. The Hall–Kier alpha value is -2.05. The number of nitrogens with zero attached hydrogens (tertiary/aromatic N) is 1. The van der Waals surface area contributed by atoms with E-state index in [1.54, 1.807) is 12.1 Å². The van der Waals surface area contributed by atoms with Gasteiger partial charge in [-0.3, -0.25) is 0 Å². The van der Waals surface area contributed by atoms with Gasteiger partial charge in [-0.2, -0.15) is 4.39 Å². The minimum Gasteiger partial charge on any atom is -0.491 e. The molecule has 0 heterocycles. The number of benzene rings is 2. The Morgan fingerprint density at radius 3 is 2.23 bits per heavy atom. The fourth-order valence-corrected chi connectivity index (χ4v) is 2.79. The first-order valence-corrected chi connectivity index (χ1v) is 8.75. The Kier molecular flexibility index (Phi) is 7.48. The molecule has 0 bridgehead atoms. The van der Waals surface area contributed by atoms with Crippen molar-refractivity contribution in [2.45, 2.75) is 20.4 Å². The van der Waals surface area contributed by atoms with Gasteiger partial charge in [-0.25, -0.2) is 8.78 Å². The molecular formula is C20H25F3N2O. The summed E-state index contributed by atoms with van der Waals surface area (Å²) in [5, 5.41) is 3.35. The van der Waals surface area contributed by atoms with Crippen molar-refractivity contribution in [1.29, 1.82) is 0 Å². The Balaban J connectivity index is 2.04. The maximum absolute atomic E-state index is 14.2. The quantitative estimate of drug-likeness (QED) is 0.531. The lowest BCUT2D eigenvalue weighted by molar-refractivity contribution is 0.302. The molecule has 26 heavy (non-hydrogen) atoms. The van der Waals surface area contributed by atoms with E-state index in [4.69, 9.17) is 0 Å². The molecule has 6 heteroatoms. The largest absolute Gasteiger partial charge is 0.491 e. The van der Waals surface area contributed by atoms with Crippen LogP contribution in [0.15, 0.2) is 30.3 Å². The van der Waals surface area contributed by atoms with Crippen molar-refractivity contribution in [3.05, 3.63) is 53.3 Å². The minimum absolute atomic E-state index is 0.123. The van der Waals surface area contributed by atoms with Crippen LogP contribution in [-0.2, 0) is 6.54 Å². The number of likely N-dealkylation sites (N-methyl/N-ethyl adjacent to an activating group) is 1. The van der Waals surface area contributed by atoms with Crippen LogP contribution in [0.4, 0.5) is 13.2 Å². The van der Waals surface area contributed by atoms with Crippen LogP contribution in [0.1, 0.15) is 19.4 Å². The monoisotopic (exact) mass is 366 g/mol. The van der Waals surface area contributed by atoms with E-state index in [9.17, 15) is 13.2 Å². The second kappa shape index (κ2) is 9.59. The number of halogens is 3. The van der Waals surface area contributed by atoms with Crippen molar-refractivity contribution in [1.82, 2.24) is 10.2 Å².